The number of piperazine rings is 1. The molecule has 1 atom stereocenters. The molecule has 1 fully saturated rings. The second kappa shape index (κ2) is 6.24. The molecule has 5 nitrogen and oxygen atoms in total. The Bertz CT molecular complexity index is 579. The highest BCUT2D eigenvalue weighted by Crippen LogP contribution is 2.20. The Labute approximate surface area is 128 Å². The molecule has 2 N–H and O–H groups in total. The van der Waals surface area contributed by atoms with Gasteiger partial charge in [-0.1, -0.05) is 30.3 Å². The zero-order chi connectivity index (χ0) is 14.7. The quantitative estimate of drug-likeness (QED) is 0.933. The maximum absolute atomic E-state index is 12.5. The van der Waals surface area contributed by atoms with Gasteiger partial charge in [0.25, 0.3) is 0 Å². The van der Waals surface area contributed by atoms with Gasteiger partial charge in [-0.2, -0.15) is 0 Å². The molecule has 1 aromatic heterocycles. The molecule has 0 unspecified atom stereocenters. The van der Waals surface area contributed by atoms with Crippen molar-refractivity contribution in [2.45, 2.75) is 6.04 Å². The van der Waals surface area contributed by atoms with Crippen LogP contribution in [0.4, 0.5) is 5.13 Å². The predicted molar refractivity (Wildman–Crippen MR) is 84.3 cm³/mol. The summed E-state index contributed by atoms with van der Waals surface area (Å²) in [6, 6.07) is 8.96. The van der Waals surface area contributed by atoms with Gasteiger partial charge in [-0.15, -0.1) is 11.3 Å². The maximum atomic E-state index is 12.5. The number of carbonyl (C=O) groups is 1. The normalized spacial score (nSPS) is 16.8. The Balaban J connectivity index is 1.60. The van der Waals surface area contributed by atoms with E-state index >= 15 is 0 Å². The van der Waals surface area contributed by atoms with Crippen molar-refractivity contribution in [1.29, 1.82) is 0 Å². The number of carbonyl (C=O) groups excluding carboxylic acids is 1. The average molecular weight is 302 g/mol. The number of nitrogens with zero attached hydrogens (tertiary/aromatic N) is 3. The molecule has 1 amide bonds. The third-order valence-electron chi connectivity index (χ3n) is 3.71. The SMILES string of the molecule is N[C@@H](C(=O)N1CCN(c2nccs2)CC1)c1ccccc1. The molecule has 1 aromatic carbocycles. The lowest BCUT2D eigenvalue weighted by Crippen LogP contribution is -2.51. The van der Waals surface area contributed by atoms with Gasteiger partial charge in [0, 0.05) is 37.8 Å². The van der Waals surface area contributed by atoms with Crippen molar-refractivity contribution in [2.24, 2.45) is 5.73 Å². The van der Waals surface area contributed by atoms with Gasteiger partial charge in [0.15, 0.2) is 5.13 Å². The van der Waals surface area contributed by atoms with Crippen molar-refractivity contribution in [2.75, 3.05) is 31.1 Å². The molecular weight excluding hydrogens is 284 g/mol. The van der Waals surface area contributed by atoms with E-state index in [4.69, 9.17) is 5.73 Å². The van der Waals surface area contributed by atoms with Crippen LogP contribution in [-0.2, 0) is 4.79 Å². The van der Waals surface area contributed by atoms with Gasteiger partial charge >= 0.3 is 0 Å². The summed E-state index contributed by atoms with van der Waals surface area (Å²) in [5.74, 6) is -0.0000104. The lowest BCUT2D eigenvalue weighted by molar-refractivity contribution is -0.133. The molecule has 21 heavy (non-hydrogen) atoms. The summed E-state index contributed by atoms with van der Waals surface area (Å²) < 4.78 is 0. The fraction of sp³-hybridized carbons (Fsp3) is 0.333. The summed E-state index contributed by atoms with van der Waals surface area (Å²) >= 11 is 1.63. The van der Waals surface area contributed by atoms with E-state index in [2.05, 4.69) is 9.88 Å². The summed E-state index contributed by atoms with van der Waals surface area (Å²) in [4.78, 5) is 20.8. The average Bonchev–Trinajstić information content (AvgIpc) is 3.09. The maximum Gasteiger partial charge on any atom is 0.244 e. The lowest BCUT2D eigenvalue weighted by atomic mass is 10.1. The van der Waals surface area contributed by atoms with Crippen LogP contribution in [0.2, 0.25) is 0 Å². The van der Waals surface area contributed by atoms with Crippen molar-refractivity contribution in [1.82, 2.24) is 9.88 Å². The molecule has 1 saturated heterocycles. The van der Waals surface area contributed by atoms with Crippen molar-refractivity contribution in [3.8, 4) is 0 Å². The Morgan fingerprint density at radius 2 is 1.90 bits per heavy atom. The predicted octanol–water partition coefficient (Wildman–Crippen LogP) is 1.49. The topological polar surface area (TPSA) is 62.5 Å². The number of hydrogen-bond donors (Lipinski definition) is 1. The standard InChI is InChI=1S/C15H18N4OS/c16-13(12-4-2-1-3-5-12)14(20)18-7-9-19(10-8-18)15-17-6-11-21-15/h1-6,11,13H,7-10,16H2/t13-/m1/s1. The second-order valence-corrected chi connectivity index (χ2v) is 5.89. The molecule has 0 aliphatic carbocycles. The molecule has 1 aliphatic heterocycles. The van der Waals surface area contributed by atoms with Crippen LogP contribution in [0.15, 0.2) is 41.9 Å². The Morgan fingerprint density at radius 1 is 1.19 bits per heavy atom. The first-order valence-electron chi connectivity index (χ1n) is 6.99. The Kier molecular flexibility index (Phi) is 4.17. The minimum absolute atomic E-state index is 0.0000104. The van der Waals surface area contributed by atoms with Gasteiger partial charge in [-0.3, -0.25) is 4.79 Å². The number of rotatable bonds is 3. The molecule has 2 heterocycles. The molecule has 2 aromatic rings. The Morgan fingerprint density at radius 3 is 2.52 bits per heavy atom. The number of thiazole rings is 1. The van der Waals surface area contributed by atoms with Gasteiger partial charge in [0.1, 0.15) is 6.04 Å². The number of amides is 1. The fourth-order valence-electron chi connectivity index (χ4n) is 2.49. The van der Waals surface area contributed by atoms with Crippen LogP contribution in [0.1, 0.15) is 11.6 Å². The van der Waals surface area contributed by atoms with Crippen LogP contribution in [0.25, 0.3) is 0 Å². The molecule has 0 bridgehead atoms. The van der Waals surface area contributed by atoms with Crippen LogP contribution in [0.3, 0.4) is 0 Å². The van der Waals surface area contributed by atoms with Crippen molar-refractivity contribution in [3.05, 3.63) is 47.5 Å². The first-order chi connectivity index (χ1) is 10.3. The summed E-state index contributed by atoms with van der Waals surface area (Å²) in [5.41, 5.74) is 6.95. The van der Waals surface area contributed by atoms with Crippen LogP contribution in [0, 0.1) is 0 Å². The molecule has 0 radical (unpaired) electrons. The Hall–Kier alpha value is -1.92. The monoisotopic (exact) mass is 302 g/mol. The zero-order valence-electron chi connectivity index (χ0n) is 11.7. The number of benzene rings is 1. The van der Waals surface area contributed by atoms with E-state index in [0.717, 1.165) is 23.8 Å². The van der Waals surface area contributed by atoms with E-state index in [-0.39, 0.29) is 5.91 Å². The first kappa shape index (κ1) is 14.0. The highest BCUT2D eigenvalue weighted by Gasteiger charge is 2.26. The van der Waals surface area contributed by atoms with Gasteiger partial charge in [-0.05, 0) is 5.56 Å². The number of nitrogens with two attached hydrogens (primary N) is 1. The molecule has 3 rings (SSSR count). The summed E-state index contributed by atoms with van der Waals surface area (Å²) in [7, 11) is 0. The fourth-order valence-corrected chi connectivity index (χ4v) is 3.19. The van der Waals surface area contributed by atoms with E-state index in [9.17, 15) is 4.79 Å². The van der Waals surface area contributed by atoms with E-state index in [0.29, 0.717) is 13.1 Å². The highest BCUT2D eigenvalue weighted by atomic mass is 32.1. The molecule has 0 spiro atoms. The minimum atomic E-state index is -0.572. The van der Waals surface area contributed by atoms with Crippen LogP contribution < -0.4 is 10.6 Å². The zero-order valence-corrected chi connectivity index (χ0v) is 12.5. The molecule has 0 saturated carbocycles. The van der Waals surface area contributed by atoms with Gasteiger partial charge in [0.05, 0.1) is 0 Å². The first-order valence-corrected chi connectivity index (χ1v) is 7.87. The molecule has 1 aliphatic rings. The third-order valence-corrected chi connectivity index (χ3v) is 4.54. The highest BCUT2D eigenvalue weighted by molar-refractivity contribution is 7.13. The van der Waals surface area contributed by atoms with Gasteiger partial charge < -0.3 is 15.5 Å². The van der Waals surface area contributed by atoms with E-state index in [1.165, 1.54) is 0 Å². The molecular formula is C15H18N4OS. The van der Waals surface area contributed by atoms with Crippen molar-refractivity contribution >= 4 is 22.4 Å². The largest absolute Gasteiger partial charge is 0.345 e. The number of hydrogen-bond acceptors (Lipinski definition) is 5. The van der Waals surface area contributed by atoms with E-state index in [1.54, 1.807) is 11.3 Å². The lowest BCUT2D eigenvalue weighted by Gasteiger charge is -2.35. The second-order valence-electron chi connectivity index (χ2n) is 5.02. The molecule has 110 valence electrons. The van der Waals surface area contributed by atoms with Gasteiger partial charge in [0.2, 0.25) is 5.91 Å². The minimum Gasteiger partial charge on any atom is -0.345 e. The van der Waals surface area contributed by atoms with Crippen molar-refractivity contribution in [3.63, 3.8) is 0 Å². The number of aromatic nitrogens is 1. The van der Waals surface area contributed by atoms with Gasteiger partial charge in [-0.25, -0.2) is 4.98 Å². The third kappa shape index (κ3) is 3.06. The van der Waals surface area contributed by atoms with E-state index in [1.807, 2.05) is 46.8 Å². The van der Waals surface area contributed by atoms with Crippen molar-refractivity contribution < 1.29 is 4.79 Å². The van der Waals surface area contributed by atoms with Crippen LogP contribution in [-0.4, -0.2) is 42.0 Å². The van der Waals surface area contributed by atoms with Crippen LogP contribution >= 0.6 is 11.3 Å². The summed E-state index contributed by atoms with van der Waals surface area (Å²) in [6.07, 6.45) is 1.81. The number of anilines is 1. The molecule has 6 heteroatoms. The van der Waals surface area contributed by atoms with Crippen LogP contribution in [0.5, 0.6) is 0 Å². The summed E-state index contributed by atoms with van der Waals surface area (Å²) in [5, 5.41) is 2.99. The van der Waals surface area contributed by atoms with E-state index < -0.39 is 6.04 Å². The summed E-state index contributed by atoms with van der Waals surface area (Å²) in [6.45, 7) is 3.00. The smallest absolute Gasteiger partial charge is 0.244 e.